The molecule has 7 aromatic carbocycles. The van der Waals surface area contributed by atoms with Crippen molar-refractivity contribution >= 4 is 22.7 Å². The number of benzene rings is 7. The molecule has 3 nitrogen and oxygen atoms in total. The summed E-state index contributed by atoms with van der Waals surface area (Å²) in [4.78, 5) is 0. The van der Waals surface area contributed by atoms with E-state index in [9.17, 15) is 10.2 Å². The predicted octanol–water partition coefficient (Wildman–Crippen LogP) is 9.48. The van der Waals surface area contributed by atoms with Gasteiger partial charge in [0.25, 0.3) is 0 Å². The van der Waals surface area contributed by atoms with E-state index in [2.05, 4.69) is 153 Å². The Hall–Kier alpha value is -5.63. The van der Waals surface area contributed by atoms with Gasteiger partial charge in [0.05, 0.1) is 0 Å². The summed E-state index contributed by atoms with van der Waals surface area (Å²) in [5.41, 5.74) is 3.71. The number of aromatic hydroxyl groups is 2. The van der Waals surface area contributed by atoms with Crippen LogP contribution in [0.2, 0.25) is 0 Å². The third kappa shape index (κ3) is 5.67. The maximum absolute atomic E-state index is 10.1. The first kappa shape index (κ1) is 31.9. The van der Waals surface area contributed by atoms with E-state index in [4.69, 9.17) is 4.52 Å². The van der Waals surface area contributed by atoms with E-state index < -0.39 is 12.2 Å². The van der Waals surface area contributed by atoms with Crippen molar-refractivity contribution in [2.24, 2.45) is 0 Å². The van der Waals surface area contributed by atoms with Crippen LogP contribution in [-0.4, -0.2) is 10.2 Å². The monoisotopic (exact) mass is 658 g/mol. The van der Waals surface area contributed by atoms with Gasteiger partial charge >= 0.3 is 290 Å². The zero-order valence-electron chi connectivity index (χ0n) is 27.4. The molecule has 0 aliphatic carbocycles. The molecule has 49 heavy (non-hydrogen) atoms. The second kappa shape index (κ2) is 13.1. The van der Waals surface area contributed by atoms with Crippen LogP contribution in [-0.2, 0) is 11.6 Å². The Bertz CT molecular complexity index is 1970. The average molecular weight is 659 g/mol. The van der Waals surface area contributed by atoms with Gasteiger partial charge in [0.2, 0.25) is 0 Å². The molecular formula is C45H39O3P. The molecule has 0 saturated carbocycles. The molecule has 0 atom stereocenters. The van der Waals surface area contributed by atoms with E-state index in [0.29, 0.717) is 6.16 Å². The van der Waals surface area contributed by atoms with E-state index in [1.54, 1.807) is 24.3 Å². The van der Waals surface area contributed by atoms with Crippen LogP contribution in [0.3, 0.4) is 0 Å². The van der Waals surface area contributed by atoms with Gasteiger partial charge in [-0.05, 0) is 0 Å². The summed E-state index contributed by atoms with van der Waals surface area (Å²) in [6.07, 6.45) is 0.672. The molecule has 7 rings (SSSR count). The Morgan fingerprint density at radius 3 is 1.12 bits per heavy atom. The molecule has 0 aliphatic rings. The summed E-state index contributed by atoms with van der Waals surface area (Å²) in [5, 5.41) is 23.7. The van der Waals surface area contributed by atoms with Gasteiger partial charge in [0, 0.05) is 0 Å². The molecular weight excluding hydrogens is 619 g/mol. The minimum absolute atomic E-state index is 0.216. The molecule has 0 saturated heterocycles. The number of hydrogen-bond donors (Lipinski definition) is 2. The molecule has 0 aliphatic heterocycles. The van der Waals surface area contributed by atoms with E-state index in [1.165, 1.54) is 5.56 Å². The van der Waals surface area contributed by atoms with Crippen molar-refractivity contribution in [2.75, 3.05) is 0 Å². The standard InChI is InChI=1S/C45H39O3P/c1-45(36-22-28-39(46)29-23-36,37-24-30-40(47)31-25-37)38-26-32-41(33-27-38)48-49(42-16-8-3-9-17-42,43-18-10-4-11-19-43,44-20-12-5-13-21-44)34-35-14-6-2-7-15-35/h2-33,46-47H,34H2,1H3. The van der Waals surface area contributed by atoms with Crippen molar-refractivity contribution in [3.05, 3.63) is 216 Å². The quantitative estimate of drug-likeness (QED) is 0.114. The number of phenols is 2. The molecule has 7 aromatic rings. The maximum atomic E-state index is 10.1. The fourth-order valence-corrected chi connectivity index (χ4v) is 13.0. The van der Waals surface area contributed by atoms with Crippen molar-refractivity contribution in [3.8, 4) is 17.2 Å². The summed E-state index contributed by atoms with van der Waals surface area (Å²) in [7, 11) is 0. The SMILES string of the molecule is CC(c1ccc(O)cc1)(c1ccc(O)cc1)c1ccc(OP(Cc2ccccc2)(c2ccccc2)(c2ccccc2)c2ccccc2)cc1. The van der Waals surface area contributed by atoms with Crippen molar-refractivity contribution in [2.45, 2.75) is 18.5 Å². The second-order valence-corrected chi connectivity index (χ2v) is 17.2. The first-order valence-corrected chi connectivity index (χ1v) is 18.9. The van der Waals surface area contributed by atoms with Crippen LogP contribution in [0.25, 0.3) is 0 Å². The van der Waals surface area contributed by atoms with Crippen LogP contribution in [0, 0.1) is 0 Å². The fraction of sp³-hybridized carbons (Fsp3) is 0.0667. The van der Waals surface area contributed by atoms with Crippen molar-refractivity contribution in [1.29, 1.82) is 0 Å². The Morgan fingerprint density at radius 2 is 0.755 bits per heavy atom. The molecule has 0 fully saturated rings. The van der Waals surface area contributed by atoms with Crippen LogP contribution >= 0.6 is 6.83 Å². The van der Waals surface area contributed by atoms with Gasteiger partial charge in [-0.2, -0.15) is 0 Å². The number of phenolic OH excluding ortho intramolecular Hbond substituents is 2. The molecule has 242 valence electrons. The van der Waals surface area contributed by atoms with Gasteiger partial charge < -0.3 is 0 Å². The van der Waals surface area contributed by atoms with Crippen LogP contribution in [0.4, 0.5) is 0 Å². The second-order valence-electron chi connectivity index (χ2n) is 12.7. The van der Waals surface area contributed by atoms with Crippen LogP contribution in [0.1, 0.15) is 29.2 Å². The Labute approximate surface area is 288 Å². The van der Waals surface area contributed by atoms with Gasteiger partial charge in [-0.1, -0.05) is 0 Å². The van der Waals surface area contributed by atoms with Crippen molar-refractivity contribution in [1.82, 2.24) is 0 Å². The Balaban J connectivity index is 1.46. The van der Waals surface area contributed by atoms with Crippen LogP contribution < -0.4 is 20.4 Å². The zero-order valence-corrected chi connectivity index (χ0v) is 28.3. The first-order chi connectivity index (χ1) is 23.9. The molecule has 0 spiro atoms. The van der Waals surface area contributed by atoms with Gasteiger partial charge in [-0.3, -0.25) is 0 Å². The summed E-state index contributed by atoms with van der Waals surface area (Å²) < 4.78 is 7.83. The first-order valence-electron chi connectivity index (χ1n) is 16.5. The van der Waals surface area contributed by atoms with Crippen LogP contribution in [0.15, 0.2) is 194 Å². The van der Waals surface area contributed by atoms with Crippen molar-refractivity contribution < 1.29 is 14.7 Å². The Morgan fingerprint density at radius 1 is 0.429 bits per heavy atom. The van der Waals surface area contributed by atoms with Gasteiger partial charge in [-0.15, -0.1) is 0 Å². The van der Waals surface area contributed by atoms with Crippen LogP contribution in [0.5, 0.6) is 17.2 Å². The number of hydrogen-bond acceptors (Lipinski definition) is 3. The molecule has 0 bridgehead atoms. The summed E-state index contributed by atoms with van der Waals surface area (Å²) in [6, 6.07) is 66.1. The average Bonchev–Trinajstić information content (AvgIpc) is 3.16. The third-order valence-electron chi connectivity index (χ3n) is 9.86. The van der Waals surface area contributed by atoms with E-state index in [0.717, 1.165) is 38.4 Å². The van der Waals surface area contributed by atoms with E-state index >= 15 is 0 Å². The molecule has 0 radical (unpaired) electrons. The molecule has 0 unspecified atom stereocenters. The predicted molar refractivity (Wildman–Crippen MR) is 204 cm³/mol. The van der Waals surface area contributed by atoms with Gasteiger partial charge in [0.1, 0.15) is 0 Å². The summed E-state index contributed by atoms with van der Waals surface area (Å²) in [6.45, 7) is -1.58. The van der Waals surface area contributed by atoms with Gasteiger partial charge in [-0.25, -0.2) is 0 Å². The summed E-state index contributed by atoms with van der Waals surface area (Å²) >= 11 is 0. The minimum atomic E-state index is -3.75. The molecule has 0 heterocycles. The molecule has 2 N–H and O–H groups in total. The molecule has 0 amide bonds. The Kier molecular flexibility index (Phi) is 8.55. The van der Waals surface area contributed by atoms with E-state index in [1.807, 2.05) is 24.3 Å². The fourth-order valence-electron chi connectivity index (χ4n) is 7.24. The topological polar surface area (TPSA) is 49.7 Å². The normalized spacial score (nSPS) is 12.5. The summed E-state index contributed by atoms with van der Waals surface area (Å²) in [5.74, 6) is 1.20. The molecule has 0 aromatic heterocycles. The third-order valence-corrected chi connectivity index (χ3v) is 15.6. The number of rotatable bonds is 10. The molecule has 4 heteroatoms. The zero-order chi connectivity index (χ0) is 33.8. The van der Waals surface area contributed by atoms with Crippen molar-refractivity contribution in [3.63, 3.8) is 0 Å². The van der Waals surface area contributed by atoms with E-state index in [-0.39, 0.29) is 11.5 Å². The van der Waals surface area contributed by atoms with Gasteiger partial charge in [0.15, 0.2) is 0 Å².